The molecular weight excluding hydrogens is 324 g/mol. The normalized spacial score (nSPS) is 10.5. The fourth-order valence-electron chi connectivity index (χ4n) is 2.19. The summed E-state index contributed by atoms with van der Waals surface area (Å²) in [5.41, 5.74) is 3.53. The minimum absolute atomic E-state index is 0.729. The van der Waals surface area contributed by atoms with Crippen molar-refractivity contribution in [2.75, 3.05) is 5.32 Å². The van der Waals surface area contributed by atoms with Crippen LogP contribution in [-0.4, -0.2) is 4.98 Å². The zero-order chi connectivity index (χ0) is 16.1. The van der Waals surface area contributed by atoms with Crippen molar-refractivity contribution in [2.45, 2.75) is 17.6 Å². The van der Waals surface area contributed by atoms with Crippen LogP contribution in [0.1, 0.15) is 11.1 Å². The fourth-order valence-corrected chi connectivity index (χ4v) is 3.29. The number of benzene rings is 2. The van der Waals surface area contributed by atoms with Crippen LogP contribution in [0, 0.1) is 6.92 Å². The van der Waals surface area contributed by atoms with Crippen LogP contribution in [0.2, 0.25) is 5.02 Å². The second kappa shape index (κ2) is 7.53. The summed E-state index contributed by atoms with van der Waals surface area (Å²) in [5.74, 6) is 1.76. The van der Waals surface area contributed by atoms with Gasteiger partial charge in [0, 0.05) is 27.6 Å². The lowest BCUT2D eigenvalue weighted by Gasteiger charge is -2.08. The maximum absolute atomic E-state index is 5.91. The zero-order valence-corrected chi connectivity index (χ0v) is 14.4. The minimum Gasteiger partial charge on any atom is -0.340 e. The van der Waals surface area contributed by atoms with Gasteiger partial charge in [-0.05, 0) is 60.5 Å². The van der Waals surface area contributed by atoms with E-state index in [0.29, 0.717) is 0 Å². The monoisotopic (exact) mass is 340 g/mol. The first-order valence-corrected chi connectivity index (χ1v) is 8.73. The van der Waals surface area contributed by atoms with E-state index in [1.807, 2.05) is 42.2 Å². The summed E-state index contributed by atoms with van der Waals surface area (Å²) in [5, 5.41) is 4.03. The number of anilines is 2. The molecule has 3 rings (SSSR count). The molecule has 0 amide bonds. The molecule has 1 aromatic heterocycles. The first kappa shape index (κ1) is 15.9. The van der Waals surface area contributed by atoms with E-state index in [0.717, 1.165) is 22.3 Å². The average molecular weight is 341 g/mol. The van der Waals surface area contributed by atoms with E-state index >= 15 is 0 Å². The number of pyridine rings is 1. The predicted molar refractivity (Wildman–Crippen MR) is 99.7 cm³/mol. The number of hydrogen-bond donors (Lipinski definition) is 1. The molecule has 116 valence electrons. The molecule has 0 aliphatic heterocycles. The summed E-state index contributed by atoms with van der Waals surface area (Å²) in [6.45, 7) is 2.14. The van der Waals surface area contributed by atoms with Gasteiger partial charge in [-0.1, -0.05) is 29.8 Å². The quantitative estimate of drug-likeness (QED) is 0.570. The summed E-state index contributed by atoms with van der Waals surface area (Å²) in [6, 6.07) is 20.2. The van der Waals surface area contributed by atoms with Crippen molar-refractivity contribution in [2.24, 2.45) is 0 Å². The third kappa shape index (κ3) is 4.50. The Balaban J connectivity index is 1.67. The highest BCUT2D eigenvalue weighted by Crippen LogP contribution is 2.26. The van der Waals surface area contributed by atoms with E-state index in [1.165, 1.54) is 16.0 Å². The molecule has 0 aliphatic carbocycles. The van der Waals surface area contributed by atoms with E-state index in [-0.39, 0.29) is 0 Å². The summed E-state index contributed by atoms with van der Waals surface area (Å²) in [4.78, 5) is 5.69. The Morgan fingerprint density at radius 1 is 1.04 bits per heavy atom. The number of hydrogen-bond acceptors (Lipinski definition) is 3. The highest BCUT2D eigenvalue weighted by molar-refractivity contribution is 7.98. The van der Waals surface area contributed by atoms with Crippen molar-refractivity contribution in [1.82, 2.24) is 4.98 Å². The molecule has 2 nitrogen and oxygen atoms in total. The van der Waals surface area contributed by atoms with Gasteiger partial charge in [0.25, 0.3) is 0 Å². The standard InChI is InChI=1S/C19H17ClN2S/c1-14-4-2-3-5-18(14)23-13-15-10-11-21-19(12-15)22-17-8-6-16(20)7-9-17/h2-12H,13H2,1H3,(H,21,22). The van der Waals surface area contributed by atoms with E-state index in [9.17, 15) is 0 Å². The molecular formula is C19H17ClN2S. The number of nitrogens with one attached hydrogen (secondary N) is 1. The van der Waals surface area contributed by atoms with Crippen molar-refractivity contribution in [3.05, 3.63) is 83.0 Å². The second-order valence-electron chi connectivity index (χ2n) is 5.24. The van der Waals surface area contributed by atoms with Crippen LogP contribution in [0.15, 0.2) is 71.8 Å². The van der Waals surface area contributed by atoms with Gasteiger partial charge >= 0.3 is 0 Å². The summed E-state index contributed by atoms with van der Waals surface area (Å²) >= 11 is 7.75. The molecule has 0 spiro atoms. The van der Waals surface area contributed by atoms with Gasteiger partial charge in [-0.25, -0.2) is 4.98 Å². The molecule has 0 saturated heterocycles. The molecule has 0 bridgehead atoms. The molecule has 4 heteroatoms. The van der Waals surface area contributed by atoms with Crippen LogP contribution in [0.3, 0.4) is 0 Å². The van der Waals surface area contributed by atoms with Crippen LogP contribution >= 0.6 is 23.4 Å². The first-order chi connectivity index (χ1) is 11.2. The molecule has 0 radical (unpaired) electrons. The van der Waals surface area contributed by atoms with Crippen molar-refractivity contribution in [3.63, 3.8) is 0 Å². The first-order valence-electron chi connectivity index (χ1n) is 7.37. The number of nitrogens with zero attached hydrogens (tertiary/aromatic N) is 1. The lowest BCUT2D eigenvalue weighted by molar-refractivity contribution is 1.25. The Hall–Kier alpha value is -1.97. The van der Waals surface area contributed by atoms with Gasteiger partial charge in [-0.15, -0.1) is 11.8 Å². The van der Waals surface area contributed by atoms with E-state index in [2.05, 4.69) is 53.6 Å². The summed E-state index contributed by atoms with van der Waals surface area (Å²) < 4.78 is 0. The Labute approximate surface area is 145 Å². The van der Waals surface area contributed by atoms with Crippen LogP contribution < -0.4 is 5.32 Å². The van der Waals surface area contributed by atoms with Gasteiger partial charge in [-0.3, -0.25) is 0 Å². The van der Waals surface area contributed by atoms with Crippen molar-refractivity contribution in [3.8, 4) is 0 Å². The van der Waals surface area contributed by atoms with Gasteiger partial charge < -0.3 is 5.32 Å². The molecule has 0 unspecified atom stereocenters. The lowest BCUT2D eigenvalue weighted by atomic mass is 10.2. The lowest BCUT2D eigenvalue weighted by Crippen LogP contribution is -1.94. The number of thioether (sulfide) groups is 1. The largest absolute Gasteiger partial charge is 0.340 e. The van der Waals surface area contributed by atoms with Gasteiger partial charge in [0.05, 0.1) is 0 Å². The van der Waals surface area contributed by atoms with Crippen LogP contribution in [0.4, 0.5) is 11.5 Å². The molecule has 0 aliphatic rings. The molecule has 0 fully saturated rings. The van der Waals surface area contributed by atoms with E-state index in [4.69, 9.17) is 11.6 Å². The molecule has 23 heavy (non-hydrogen) atoms. The van der Waals surface area contributed by atoms with Gasteiger partial charge in [0.1, 0.15) is 5.82 Å². The number of aromatic nitrogens is 1. The molecule has 3 aromatic rings. The SMILES string of the molecule is Cc1ccccc1SCc1ccnc(Nc2ccc(Cl)cc2)c1. The molecule has 1 N–H and O–H groups in total. The summed E-state index contributed by atoms with van der Waals surface area (Å²) in [6.07, 6.45) is 1.84. The van der Waals surface area contributed by atoms with Gasteiger partial charge in [-0.2, -0.15) is 0 Å². The molecule has 0 atom stereocenters. The number of aryl methyl sites for hydroxylation is 1. The topological polar surface area (TPSA) is 24.9 Å². The zero-order valence-electron chi connectivity index (χ0n) is 12.8. The minimum atomic E-state index is 0.729. The maximum atomic E-state index is 5.91. The molecule has 1 heterocycles. The molecule has 2 aromatic carbocycles. The number of rotatable bonds is 5. The summed E-state index contributed by atoms with van der Waals surface area (Å²) in [7, 11) is 0. The third-order valence-corrected chi connectivity index (χ3v) is 4.93. The van der Waals surface area contributed by atoms with E-state index in [1.54, 1.807) is 0 Å². The van der Waals surface area contributed by atoms with Crippen LogP contribution in [0.5, 0.6) is 0 Å². The van der Waals surface area contributed by atoms with E-state index < -0.39 is 0 Å². The smallest absolute Gasteiger partial charge is 0.130 e. The predicted octanol–water partition coefficient (Wildman–Crippen LogP) is 6.08. The highest BCUT2D eigenvalue weighted by Gasteiger charge is 2.02. The fraction of sp³-hybridized carbons (Fsp3) is 0.105. The Bertz CT molecular complexity index is 787. The Morgan fingerprint density at radius 3 is 2.61 bits per heavy atom. The molecule has 0 saturated carbocycles. The second-order valence-corrected chi connectivity index (χ2v) is 6.69. The van der Waals surface area contributed by atoms with Gasteiger partial charge in [0.2, 0.25) is 0 Å². The van der Waals surface area contributed by atoms with Crippen molar-refractivity contribution >= 4 is 34.9 Å². The van der Waals surface area contributed by atoms with Crippen molar-refractivity contribution in [1.29, 1.82) is 0 Å². The average Bonchev–Trinajstić information content (AvgIpc) is 2.57. The number of halogens is 1. The highest BCUT2D eigenvalue weighted by atomic mass is 35.5. The van der Waals surface area contributed by atoms with Crippen LogP contribution in [-0.2, 0) is 5.75 Å². The Morgan fingerprint density at radius 2 is 1.83 bits per heavy atom. The maximum Gasteiger partial charge on any atom is 0.130 e. The Kier molecular flexibility index (Phi) is 5.21. The van der Waals surface area contributed by atoms with Crippen LogP contribution in [0.25, 0.3) is 0 Å². The third-order valence-electron chi connectivity index (χ3n) is 3.43. The van der Waals surface area contributed by atoms with Crippen molar-refractivity contribution < 1.29 is 0 Å². The van der Waals surface area contributed by atoms with Gasteiger partial charge in [0.15, 0.2) is 0 Å².